The molecule has 0 fully saturated rings. The molecular weight excluding hydrogens is 755 g/mol. The van der Waals surface area contributed by atoms with Crippen molar-refractivity contribution in [3.05, 3.63) is 234 Å². The zero-order valence-electron chi connectivity index (χ0n) is 34.5. The largest absolute Gasteiger partial charge is 0.310 e. The summed E-state index contributed by atoms with van der Waals surface area (Å²) in [6.07, 6.45) is 0. The molecule has 0 amide bonds. The van der Waals surface area contributed by atoms with Gasteiger partial charge in [0.1, 0.15) is 0 Å². The van der Waals surface area contributed by atoms with Crippen LogP contribution in [0, 0.1) is 0 Å². The smallest absolute Gasteiger partial charge is 0.0540 e. The van der Waals surface area contributed by atoms with Crippen molar-refractivity contribution in [3.8, 4) is 44.5 Å². The van der Waals surface area contributed by atoms with E-state index in [2.05, 4.69) is 232 Å². The molecule has 1 unspecified atom stereocenters. The molecule has 1 heterocycles. The summed E-state index contributed by atoms with van der Waals surface area (Å²) in [5.41, 5.74) is 19.9. The second-order valence-corrected chi connectivity index (χ2v) is 18.5. The maximum Gasteiger partial charge on any atom is 0.0540 e. The fourth-order valence-electron chi connectivity index (χ4n) is 10.7. The molecule has 0 saturated heterocycles. The van der Waals surface area contributed by atoms with E-state index in [1.54, 1.807) is 0 Å². The molecule has 0 spiro atoms. The van der Waals surface area contributed by atoms with Crippen LogP contribution in [0.5, 0.6) is 0 Å². The first-order valence-corrected chi connectivity index (χ1v) is 22.2. The Balaban J connectivity index is 1.06. The highest BCUT2D eigenvalue weighted by Gasteiger charge is 2.41. The minimum atomic E-state index is -0.320. The van der Waals surface area contributed by atoms with Crippen LogP contribution in [-0.4, -0.2) is 0 Å². The lowest BCUT2D eigenvalue weighted by atomic mass is 9.74. The summed E-state index contributed by atoms with van der Waals surface area (Å²) in [6.45, 7) is 7.14. The molecule has 1 nitrogen and oxygen atoms in total. The lowest BCUT2D eigenvalue weighted by molar-refractivity contribution is 0.660. The third kappa shape index (κ3) is 5.32. The van der Waals surface area contributed by atoms with Crippen LogP contribution >= 0.6 is 11.3 Å². The zero-order valence-corrected chi connectivity index (χ0v) is 35.3. The number of fused-ring (bicyclic) bond motifs is 9. The Morgan fingerprint density at radius 2 is 0.984 bits per heavy atom. The molecule has 0 radical (unpaired) electrons. The molecule has 2 aliphatic carbocycles. The van der Waals surface area contributed by atoms with Gasteiger partial charge in [0.2, 0.25) is 0 Å². The topological polar surface area (TPSA) is 3.24 Å². The van der Waals surface area contributed by atoms with E-state index < -0.39 is 0 Å². The van der Waals surface area contributed by atoms with Crippen LogP contribution < -0.4 is 4.90 Å². The summed E-state index contributed by atoms with van der Waals surface area (Å²) < 4.78 is 2.65. The molecular formula is C59H43NS. The van der Waals surface area contributed by atoms with Crippen molar-refractivity contribution < 1.29 is 0 Å². The normalized spacial score (nSPS) is 15.7. The first-order chi connectivity index (χ1) is 29.9. The Morgan fingerprint density at radius 3 is 1.82 bits per heavy atom. The number of rotatable bonds is 6. The Hall–Kier alpha value is -7.00. The van der Waals surface area contributed by atoms with Gasteiger partial charge in [-0.25, -0.2) is 0 Å². The average Bonchev–Trinajstić information content (AvgIpc) is 3.90. The second kappa shape index (κ2) is 13.5. The van der Waals surface area contributed by atoms with Crippen LogP contribution in [0.1, 0.15) is 48.6 Å². The monoisotopic (exact) mass is 797 g/mol. The maximum absolute atomic E-state index is 2.49. The molecule has 0 aliphatic heterocycles. The van der Waals surface area contributed by atoms with E-state index in [-0.39, 0.29) is 10.8 Å². The van der Waals surface area contributed by atoms with Gasteiger partial charge in [0.15, 0.2) is 0 Å². The minimum absolute atomic E-state index is 0.0951. The highest BCUT2D eigenvalue weighted by Crippen LogP contribution is 2.56. The van der Waals surface area contributed by atoms with E-state index in [1.807, 2.05) is 11.3 Å². The van der Waals surface area contributed by atoms with Gasteiger partial charge in [-0.15, -0.1) is 11.3 Å². The van der Waals surface area contributed by atoms with Crippen molar-refractivity contribution in [1.82, 2.24) is 0 Å². The predicted octanol–water partition coefficient (Wildman–Crippen LogP) is 16.5. The van der Waals surface area contributed by atoms with Crippen LogP contribution in [0.4, 0.5) is 17.1 Å². The Bertz CT molecular complexity index is 3350. The van der Waals surface area contributed by atoms with Gasteiger partial charge in [-0.2, -0.15) is 0 Å². The van der Waals surface area contributed by atoms with E-state index in [1.165, 1.54) is 92.5 Å². The molecule has 1 atom stereocenters. The number of thiophene rings is 1. The third-order valence-corrected chi connectivity index (χ3v) is 14.9. The summed E-state index contributed by atoms with van der Waals surface area (Å²) in [5, 5.41) is 2.65. The Kier molecular flexibility index (Phi) is 7.95. The van der Waals surface area contributed by atoms with E-state index in [9.17, 15) is 0 Å². The lowest BCUT2D eigenvalue weighted by Crippen LogP contribution is -2.22. The number of benzene rings is 9. The molecule has 61 heavy (non-hydrogen) atoms. The summed E-state index contributed by atoms with van der Waals surface area (Å²) in [4.78, 5) is 2.49. The van der Waals surface area contributed by atoms with E-state index in [0.29, 0.717) is 0 Å². The molecule has 0 saturated carbocycles. The second-order valence-electron chi connectivity index (χ2n) is 17.4. The predicted molar refractivity (Wildman–Crippen MR) is 260 cm³/mol. The van der Waals surface area contributed by atoms with Gasteiger partial charge < -0.3 is 4.90 Å². The van der Waals surface area contributed by atoms with Crippen LogP contribution in [0.15, 0.2) is 206 Å². The molecule has 2 heteroatoms. The summed E-state index contributed by atoms with van der Waals surface area (Å²) in [5.74, 6) is 0. The number of hydrogen-bond acceptors (Lipinski definition) is 2. The number of nitrogens with zero attached hydrogens (tertiary/aromatic N) is 1. The zero-order chi connectivity index (χ0) is 40.9. The van der Waals surface area contributed by atoms with E-state index >= 15 is 0 Å². The van der Waals surface area contributed by atoms with Crippen molar-refractivity contribution >= 4 is 48.6 Å². The molecule has 1 aromatic heterocycles. The van der Waals surface area contributed by atoms with Crippen molar-refractivity contribution in [2.24, 2.45) is 0 Å². The maximum atomic E-state index is 2.49. The third-order valence-electron chi connectivity index (χ3n) is 13.8. The van der Waals surface area contributed by atoms with Gasteiger partial charge in [0.25, 0.3) is 0 Å². The van der Waals surface area contributed by atoms with Gasteiger partial charge in [0.05, 0.1) is 5.69 Å². The molecule has 9 aromatic carbocycles. The first-order valence-electron chi connectivity index (χ1n) is 21.3. The quantitative estimate of drug-likeness (QED) is 0.162. The molecule has 290 valence electrons. The minimum Gasteiger partial charge on any atom is -0.310 e. The van der Waals surface area contributed by atoms with Gasteiger partial charge in [0, 0.05) is 47.9 Å². The number of hydrogen-bond donors (Lipinski definition) is 0. The molecule has 2 aliphatic rings. The molecule has 10 aromatic rings. The fourth-order valence-corrected chi connectivity index (χ4v) is 11.9. The average molecular weight is 798 g/mol. The van der Waals surface area contributed by atoms with Crippen LogP contribution in [0.3, 0.4) is 0 Å². The van der Waals surface area contributed by atoms with Crippen molar-refractivity contribution in [2.45, 2.75) is 31.6 Å². The van der Waals surface area contributed by atoms with E-state index in [4.69, 9.17) is 0 Å². The van der Waals surface area contributed by atoms with Crippen molar-refractivity contribution in [1.29, 1.82) is 0 Å². The highest BCUT2D eigenvalue weighted by molar-refractivity contribution is 7.25. The SMILES string of the molecule is CC1(C)c2ccccc2-c2c(-c3ccccc3N(c3ccc(-c4ccc5c(c4)sc4ccccc45)cc3)c3ccc4c(c3)C(C)(c3ccccc3)c3ccccc3-4)cccc21. The lowest BCUT2D eigenvalue weighted by Gasteiger charge is -2.32. The van der Waals surface area contributed by atoms with Crippen LogP contribution in [0.2, 0.25) is 0 Å². The van der Waals surface area contributed by atoms with Crippen molar-refractivity contribution in [3.63, 3.8) is 0 Å². The molecule has 0 N–H and O–H groups in total. The van der Waals surface area contributed by atoms with Crippen LogP contribution in [-0.2, 0) is 10.8 Å². The highest BCUT2D eigenvalue weighted by atomic mass is 32.1. The Morgan fingerprint density at radius 1 is 0.377 bits per heavy atom. The van der Waals surface area contributed by atoms with Gasteiger partial charge in [-0.05, 0) is 116 Å². The Labute approximate surface area is 361 Å². The fraction of sp³-hybridized carbons (Fsp3) is 0.0847. The number of para-hydroxylation sites is 1. The summed E-state index contributed by atoms with van der Waals surface area (Å²) in [6, 6.07) is 77.0. The summed E-state index contributed by atoms with van der Waals surface area (Å²) >= 11 is 1.87. The van der Waals surface area contributed by atoms with Gasteiger partial charge in [-0.1, -0.05) is 178 Å². The molecule has 0 bridgehead atoms. The standard InChI is InChI=1S/C59H43NS/c1-58(2)50-23-11-8-21-49(50)57-48(22-15-25-52(57)58)45-19-9-13-26-54(45)60(41-31-28-38(29-32-41)39-30-34-47-46-20-10-14-27-55(46)61-56(47)36-39)42-33-35-44-43-18-7-12-24-51(43)59(3,53(44)37-42)40-16-5-4-6-17-40/h4-37H,1-3H3. The first kappa shape index (κ1) is 35.9. The van der Waals surface area contributed by atoms with Gasteiger partial charge in [-0.3, -0.25) is 0 Å². The number of anilines is 3. The summed E-state index contributed by atoms with van der Waals surface area (Å²) in [7, 11) is 0. The van der Waals surface area contributed by atoms with Crippen LogP contribution in [0.25, 0.3) is 64.7 Å². The van der Waals surface area contributed by atoms with E-state index in [0.717, 1.165) is 17.1 Å². The molecule has 12 rings (SSSR count). The van der Waals surface area contributed by atoms with Gasteiger partial charge >= 0.3 is 0 Å². The van der Waals surface area contributed by atoms with Crippen molar-refractivity contribution in [2.75, 3.05) is 4.90 Å².